The van der Waals surface area contributed by atoms with E-state index in [-0.39, 0.29) is 5.75 Å². The lowest BCUT2D eigenvalue weighted by molar-refractivity contribution is -0.274. The predicted octanol–water partition coefficient (Wildman–Crippen LogP) is 1.67. The number of nitrogens with two attached hydrogens (primary N) is 1. The number of carbonyl (C=O) groups excluding carboxylic acids is 1. The van der Waals surface area contributed by atoms with Gasteiger partial charge in [0, 0.05) is 18.8 Å². The van der Waals surface area contributed by atoms with Crippen molar-refractivity contribution in [3.8, 4) is 5.75 Å². The monoisotopic (exact) mass is 263 g/mol. The van der Waals surface area contributed by atoms with Crippen molar-refractivity contribution in [2.24, 2.45) is 5.73 Å². The first-order valence-corrected chi connectivity index (χ1v) is 5.01. The molecule has 0 spiro atoms. The topological polar surface area (TPSA) is 76.4 Å². The highest BCUT2D eigenvalue weighted by Gasteiger charge is 2.30. The van der Waals surface area contributed by atoms with Crippen LogP contribution in [0, 0.1) is 0 Å². The summed E-state index contributed by atoms with van der Waals surface area (Å²) >= 11 is 0. The molecule has 4 N–H and O–H groups in total. The van der Waals surface area contributed by atoms with Gasteiger partial charge in [-0.05, 0) is 24.3 Å². The van der Waals surface area contributed by atoms with E-state index in [2.05, 4.69) is 15.4 Å². The lowest BCUT2D eigenvalue weighted by Gasteiger charge is -2.10. The molecule has 0 aliphatic rings. The SMILES string of the molecule is NCCNC(=O)Nc1ccc(OC(F)(F)F)cc1. The average Bonchev–Trinajstić information content (AvgIpc) is 2.27. The van der Waals surface area contributed by atoms with E-state index in [0.29, 0.717) is 18.8 Å². The van der Waals surface area contributed by atoms with Crippen LogP contribution < -0.4 is 21.1 Å². The second-order valence-corrected chi connectivity index (χ2v) is 3.24. The van der Waals surface area contributed by atoms with Gasteiger partial charge in [-0.2, -0.15) is 0 Å². The van der Waals surface area contributed by atoms with Crippen LogP contribution in [-0.4, -0.2) is 25.5 Å². The summed E-state index contributed by atoms with van der Waals surface area (Å²) in [6.45, 7) is 0.604. The van der Waals surface area contributed by atoms with Gasteiger partial charge >= 0.3 is 12.4 Å². The molecule has 0 aromatic heterocycles. The lowest BCUT2D eigenvalue weighted by Crippen LogP contribution is -2.32. The summed E-state index contributed by atoms with van der Waals surface area (Å²) in [5.41, 5.74) is 5.53. The van der Waals surface area contributed by atoms with Gasteiger partial charge in [-0.1, -0.05) is 0 Å². The number of amides is 2. The maximum Gasteiger partial charge on any atom is 0.573 e. The molecule has 0 bridgehead atoms. The molecule has 0 heterocycles. The van der Waals surface area contributed by atoms with Gasteiger partial charge in [0.2, 0.25) is 0 Å². The molecule has 0 saturated heterocycles. The zero-order valence-corrected chi connectivity index (χ0v) is 9.25. The minimum absolute atomic E-state index is 0.297. The zero-order chi connectivity index (χ0) is 13.6. The van der Waals surface area contributed by atoms with Crippen LogP contribution in [0.2, 0.25) is 0 Å². The number of ether oxygens (including phenoxy) is 1. The van der Waals surface area contributed by atoms with Crippen molar-refractivity contribution < 1.29 is 22.7 Å². The molecule has 0 fully saturated rings. The Hall–Kier alpha value is -1.96. The summed E-state index contributed by atoms with van der Waals surface area (Å²) in [7, 11) is 0. The first-order chi connectivity index (χ1) is 8.40. The normalized spacial score (nSPS) is 10.9. The first kappa shape index (κ1) is 14.1. The molecular formula is C10H12F3N3O2. The molecule has 1 aromatic rings. The van der Waals surface area contributed by atoms with Crippen molar-refractivity contribution in [3.63, 3.8) is 0 Å². The van der Waals surface area contributed by atoms with E-state index >= 15 is 0 Å². The molecule has 2 amide bonds. The Morgan fingerprint density at radius 3 is 2.39 bits per heavy atom. The smallest absolute Gasteiger partial charge is 0.406 e. The molecular weight excluding hydrogens is 251 g/mol. The van der Waals surface area contributed by atoms with Crippen molar-refractivity contribution in [2.45, 2.75) is 6.36 Å². The summed E-state index contributed by atoms with van der Waals surface area (Å²) < 4.78 is 39.3. The number of nitrogens with one attached hydrogen (secondary N) is 2. The molecule has 0 radical (unpaired) electrons. The maximum absolute atomic E-state index is 11.9. The quantitative estimate of drug-likeness (QED) is 0.773. The molecule has 100 valence electrons. The van der Waals surface area contributed by atoms with Crippen molar-refractivity contribution in [1.29, 1.82) is 0 Å². The van der Waals surface area contributed by atoms with E-state index in [1.54, 1.807) is 0 Å². The number of urea groups is 1. The van der Waals surface area contributed by atoms with Crippen LogP contribution in [0.4, 0.5) is 23.7 Å². The highest BCUT2D eigenvalue weighted by atomic mass is 19.4. The fourth-order valence-corrected chi connectivity index (χ4v) is 1.10. The van der Waals surface area contributed by atoms with Gasteiger partial charge in [0.1, 0.15) is 5.75 Å². The molecule has 8 heteroatoms. The standard InChI is InChI=1S/C10H12F3N3O2/c11-10(12,13)18-8-3-1-7(2-4-8)16-9(17)15-6-5-14/h1-4H,5-6,14H2,(H2,15,16,17). The Kier molecular flexibility index (Phi) is 4.78. The molecule has 0 saturated carbocycles. The highest BCUT2D eigenvalue weighted by molar-refractivity contribution is 5.89. The number of anilines is 1. The lowest BCUT2D eigenvalue weighted by atomic mass is 10.3. The molecule has 0 aliphatic carbocycles. The second-order valence-electron chi connectivity index (χ2n) is 3.24. The summed E-state index contributed by atoms with van der Waals surface area (Å²) in [4.78, 5) is 11.2. The Bertz CT molecular complexity index is 392. The number of alkyl halides is 3. The van der Waals surface area contributed by atoms with Crippen molar-refractivity contribution in [2.75, 3.05) is 18.4 Å². The fourth-order valence-electron chi connectivity index (χ4n) is 1.10. The van der Waals surface area contributed by atoms with Crippen molar-refractivity contribution in [3.05, 3.63) is 24.3 Å². The number of rotatable bonds is 4. The minimum Gasteiger partial charge on any atom is -0.406 e. The number of hydrogen-bond donors (Lipinski definition) is 3. The van der Waals surface area contributed by atoms with Crippen molar-refractivity contribution >= 4 is 11.7 Å². The molecule has 1 rings (SSSR count). The van der Waals surface area contributed by atoms with Crippen LogP contribution >= 0.6 is 0 Å². The van der Waals surface area contributed by atoms with Gasteiger partial charge in [-0.15, -0.1) is 13.2 Å². The highest BCUT2D eigenvalue weighted by Crippen LogP contribution is 2.23. The molecule has 1 aromatic carbocycles. The summed E-state index contributed by atoms with van der Waals surface area (Å²) in [5.74, 6) is -0.351. The Morgan fingerprint density at radius 2 is 1.89 bits per heavy atom. The summed E-state index contributed by atoms with van der Waals surface area (Å²) in [6.07, 6.45) is -4.73. The van der Waals surface area contributed by atoms with Crippen LogP contribution in [0.3, 0.4) is 0 Å². The van der Waals surface area contributed by atoms with Gasteiger partial charge in [0.25, 0.3) is 0 Å². The van der Waals surface area contributed by atoms with E-state index in [9.17, 15) is 18.0 Å². The third-order valence-electron chi connectivity index (χ3n) is 1.78. The van der Waals surface area contributed by atoms with Crippen LogP contribution in [0.15, 0.2) is 24.3 Å². The van der Waals surface area contributed by atoms with E-state index in [1.165, 1.54) is 12.1 Å². The average molecular weight is 263 g/mol. The largest absolute Gasteiger partial charge is 0.573 e. The van der Waals surface area contributed by atoms with E-state index in [0.717, 1.165) is 12.1 Å². The van der Waals surface area contributed by atoms with Gasteiger partial charge < -0.3 is 21.1 Å². The fraction of sp³-hybridized carbons (Fsp3) is 0.300. The van der Waals surface area contributed by atoms with Crippen LogP contribution in [0.25, 0.3) is 0 Å². The Labute approximate surface area is 101 Å². The Morgan fingerprint density at radius 1 is 1.28 bits per heavy atom. The van der Waals surface area contributed by atoms with E-state index in [4.69, 9.17) is 5.73 Å². The molecule has 0 aliphatic heterocycles. The second kappa shape index (κ2) is 6.10. The van der Waals surface area contributed by atoms with Gasteiger partial charge in [0.05, 0.1) is 0 Å². The van der Waals surface area contributed by atoms with Crippen LogP contribution in [0.5, 0.6) is 5.75 Å². The molecule has 5 nitrogen and oxygen atoms in total. The molecule has 0 unspecified atom stereocenters. The molecule has 18 heavy (non-hydrogen) atoms. The zero-order valence-electron chi connectivity index (χ0n) is 9.25. The van der Waals surface area contributed by atoms with E-state index < -0.39 is 12.4 Å². The van der Waals surface area contributed by atoms with Gasteiger partial charge in [0.15, 0.2) is 0 Å². The van der Waals surface area contributed by atoms with Crippen LogP contribution in [-0.2, 0) is 0 Å². The Balaban J connectivity index is 2.52. The summed E-state index contributed by atoms with van der Waals surface area (Å²) in [5, 5.41) is 4.87. The number of carbonyl (C=O) groups is 1. The van der Waals surface area contributed by atoms with E-state index in [1.807, 2.05) is 0 Å². The number of benzene rings is 1. The van der Waals surface area contributed by atoms with Crippen molar-refractivity contribution in [1.82, 2.24) is 5.32 Å². The minimum atomic E-state index is -4.73. The molecule has 0 atom stereocenters. The third-order valence-corrected chi connectivity index (χ3v) is 1.78. The van der Waals surface area contributed by atoms with Gasteiger partial charge in [-0.25, -0.2) is 4.79 Å². The third kappa shape index (κ3) is 5.39. The van der Waals surface area contributed by atoms with Gasteiger partial charge in [-0.3, -0.25) is 0 Å². The predicted molar refractivity (Wildman–Crippen MR) is 59.2 cm³/mol. The number of halogens is 3. The summed E-state index contributed by atoms with van der Waals surface area (Å²) in [6, 6.07) is 4.31. The first-order valence-electron chi connectivity index (χ1n) is 5.01. The maximum atomic E-state index is 11.9. The van der Waals surface area contributed by atoms with Crippen LogP contribution in [0.1, 0.15) is 0 Å². The number of hydrogen-bond acceptors (Lipinski definition) is 3.